The number of amides is 1. The molecule has 0 saturated heterocycles. The summed E-state index contributed by atoms with van der Waals surface area (Å²) in [7, 11) is -2.14. The van der Waals surface area contributed by atoms with Crippen molar-refractivity contribution in [3.8, 4) is 5.75 Å². The summed E-state index contributed by atoms with van der Waals surface area (Å²) in [6.45, 7) is 2.36. The van der Waals surface area contributed by atoms with Crippen LogP contribution in [0.3, 0.4) is 0 Å². The van der Waals surface area contributed by atoms with Crippen LogP contribution in [0.1, 0.15) is 27.0 Å². The third kappa shape index (κ3) is 5.93. The highest BCUT2D eigenvalue weighted by atomic mass is 32.2. The van der Waals surface area contributed by atoms with E-state index in [9.17, 15) is 13.2 Å². The van der Waals surface area contributed by atoms with Crippen molar-refractivity contribution >= 4 is 15.9 Å². The van der Waals surface area contributed by atoms with Crippen LogP contribution >= 0.6 is 0 Å². The van der Waals surface area contributed by atoms with E-state index in [-0.39, 0.29) is 17.3 Å². The molecule has 1 amide bonds. The fraction of sp³-hybridized carbons (Fsp3) is 0.208. The molecular weight excluding hydrogens is 412 g/mol. The zero-order valence-corrected chi connectivity index (χ0v) is 18.4. The Morgan fingerprint density at radius 1 is 0.968 bits per heavy atom. The smallest absolute Gasteiger partial charge is 0.251 e. The van der Waals surface area contributed by atoms with Crippen LogP contribution in [0.2, 0.25) is 0 Å². The molecule has 3 aromatic rings. The summed E-state index contributed by atoms with van der Waals surface area (Å²) in [6, 6.07) is 21.5. The van der Waals surface area contributed by atoms with Crippen molar-refractivity contribution in [3.05, 3.63) is 95.1 Å². The standard InChI is InChI=1S/C24H26N2O4S/c1-18-12-13-21(31(28,29)26-17-19-8-4-3-5-9-19)16-22(18)24(27)25-15-14-20-10-6-7-11-23(20)30-2/h3-13,16,26H,14-15,17H2,1-2H3,(H,25,27). The molecule has 2 N–H and O–H groups in total. The lowest BCUT2D eigenvalue weighted by atomic mass is 10.1. The Kier molecular flexibility index (Phi) is 7.44. The number of hydrogen-bond acceptors (Lipinski definition) is 4. The molecule has 0 spiro atoms. The van der Waals surface area contributed by atoms with Crippen LogP contribution < -0.4 is 14.8 Å². The van der Waals surface area contributed by atoms with Crippen LogP contribution in [0.5, 0.6) is 5.75 Å². The average molecular weight is 439 g/mol. The lowest BCUT2D eigenvalue weighted by molar-refractivity contribution is 0.0953. The number of hydrogen-bond donors (Lipinski definition) is 2. The summed E-state index contributed by atoms with van der Waals surface area (Å²) < 4.78 is 33.3. The molecule has 6 nitrogen and oxygen atoms in total. The minimum absolute atomic E-state index is 0.0592. The summed E-state index contributed by atoms with van der Waals surface area (Å²) in [6.07, 6.45) is 0.603. The van der Waals surface area contributed by atoms with E-state index in [1.54, 1.807) is 20.1 Å². The molecule has 31 heavy (non-hydrogen) atoms. The number of carbonyl (C=O) groups is 1. The molecule has 0 aliphatic heterocycles. The van der Waals surface area contributed by atoms with Gasteiger partial charge in [-0.25, -0.2) is 13.1 Å². The van der Waals surface area contributed by atoms with E-state index in [4.69, 9.17) is 4.74 Å². The Bertz CT molecular complexity index is 1150. The van der Waals surface area contributed by atoms with E-state index in [0.717, 1.165) is 16.9 Å². The minimum Gasteiger partial charge on any atom is -0.496 e. The van der Waals surface area contributed by atoms with Gasteiger partial charge in [0.1, 0.15) is 5.75 Å². The maximum Gasteiger partial charge on any atom is 0.251 e. The molecule has 0 aliphatic rings. The first-order valence-electron chi connectivity index (χ1n) is 9.95. The van der Waals surface area contributed by atoms with Gasteiger partial charge >= 0.3 is 0 Å². The molecule has 0 unspecified atom stereocenters. The van der Waals surface area contributed by atoms with Crippen LogP contribution in [0.4, 0.5) is 0 Å². The molecule has 3 aromatic carbocycles. The highest BCUT2D eigenvalue weighted by Crippen LogP contribution is 2.18. The molecule has 0 radical (unpaired) electrons. The van der Waals surface area contributed by atoms with E-state index >= 15 is 0 Å². The molecule has 0 saturated carbocycles. The van der Waals surface area contributed by atoms with Crippen molar-refractivity contribution in [1.29, 1.82) is 0 Å². The Morgan fingerprint density at radius 2 is 1.68 bits per heavy atom. The molecule has 0 atom stereocenters. The predicted molar refractivity (Wildman–Crippen MR) is 121 cm³/mol. The van der Waals surface area contributed by atoms with Gasteiger partial charge in [0.05, 0.1) is 12.0 Å². The second-order valence-corrected chi connectivity index (χ2v) is 8.87. The maximum atomic E-state index is 12.7. The Hall–Kier alpha value is -3.16. The van der Waals surface area contributed by atoms with E-state index < -0.39 is 10.0 Å². The van der Waals surface area contributed by atoms with Crippen molar-refractivity contribution in [2.45, 2.75) is 24.8 Å². The Morgan fingerprint density at radius 3 is 2.42 bits per heavy atom. The zero-order chi connectivity index (χ0) is 22.3. The number of benzene rings is 3. The molecule has 0 aromatic heterocycles. The Labute approximate surface area is 183 Å². The maximum absolute atomic E-state index is 12.7. The largest absolute Gasteiger partial charge is 0.496 e. The Balaban J connectivity index is 1.67. The normalized spacial score (nSPS) is 11.2. The average Bonchev–Trinajstić information content (AvgIpc) is 2.79. The van der Waals surface area contributed by atoms with Crippen LogP contribution in [0.25, 0.3) is 0 Å². The second-order valence-electron chi connectivity index (χ2n) is 7.10. The molecule has 0 aliphatic carbocycles. The number of para-hydroxylation sites is 1. The van der Waals surface area contributed by atoms with Gasteiger partial charge in [-0.05, 0) is 48.2 Å². The predicted octanol–water partition coefficient (Wildman–Crippen LogP) is 3.45. The second kappa shape index (κ2) is 10.2. The van der Waals surface area contributed by atoms with Gasteiger partial charge in [-0.1, -0.05) is 54.6 Å². The van der Waals surface area contributed by atoms with Gasteiger partial charge in [-0.15, -0.1) is 0 Å². The number of ether oxygens (including phenoxy) is 1. The SMILES string of the molecule is COc1ccccc1CCNC(=O)c1cc(S(=O)(=O)NCc2ccccc2)ccc1C. The fourth-order valence-electron chi connectivity index (χ4n) is 3.19. The molecule has 0 fully saturated rings. The lowest BCUT2D eigenvalue weighted by Crippen LogP contribution is -2.27. The van der Waals surface area contributed by atoms with Crippen LogP contribution in [0.15, 0.2) is 77.7 Å². The van der Waals surface area contributed by atoms with Gasteiger partial charge in [0, 0.05) is 18.7 Å². The van der Waals surface area contributed by atoms with Gasteiger partial charge in [-0.3, -0.25) is 4.79 Å². The quantitative estimate of drug-likeness (QED) is 0.536. The van der Waals surface area contributed by atoms with Crippen LogP contribution in [-0.4, -0.2) is 28.0 Å². The highest BCUT2D eigenvalue weighted by molar-refractivity contribution is 7.89. The summed E-state index contributed by atoms with van der Waals surface area (Å²) >= 11 is 0. The summed E-state index contributed by atoms with van der Waals surface area (Å²) in [5.74, 6) is 0.456. The number of nitrogens with one attached hydrogen (secondary N) is 2. The first-order chi connectivity index (χ1) is 14.9. The van der Waals surface area contributed by atoms with E-state index in [1.807, 2.05) is 54.6 Å². The van der Waals surface area contributed by atoms with E-state index in [2.05, 4.69) is 10.0 Å². The van der Waals surface area contributed by atoms with Gasteiger partial charge < -0.3 is 10.1 Å². The molecule has 0 heterocycles. The lowest BCUT2D eigenvalue weighted by Gasteiger charge is -2.12. The van der Waals surface area contributed by atoms with Gasteiger partial charge in [-0.2, -0.15) is 0 Å². The fourth-order valence-corrected chi connectivity index (χ4v) is 4.23. The topological polar surface area (TPSA) is 84.5 Å². The summed E-state index contributed by atoms with van der Waals surface area (Å²) in [5, 5.41) is 2.87. The van der Waals surface area contributed by atoms with Crippen molar-refractivity contribution in [2.75, 3.05) is 13.7 Å². The third-order valence-electron chi connectivity index (χ3n) is 4.95. The summed E-state index contributed by atoms with van der Waals surface area (Å²) in [4.78, 5) is 12.8. The van der Waals surface area contributed by atoms with Crippen molar-refractivity contribution in [1.82, 2.24) is 10.0 Å². The van der Waals surface area contributed by atoms with Gasteiger partial charge in [0.2, 0.25) is 10.0 Å². The number of aryl methyl sites for hydroxylation is 1. The monoisotopic (exact) mass is 438 g/mol. The highest BCUT2D eigenvalue weighted by Gasteiger charge is 2.18. The molecular formula is C24H26N2O4S. The van der Waals surface area contributed by atoms with Gasteiger partial charge in [0.25, 0.3) is 5.91 Å². The summed E-state index contributed by atoms with van der Waals surface area (Å²) in [5.41, 5.74) is 2.88. The third-order valence-corrected chi connectivity index (χ3v) is 6.34. The molecule has 3 rings (SSSR count). The number of sulfonamides is 1. The van der Waals surface area contributed by atoms with Gasteiger partial charge in [0.15, 0.2) is 0 Å². The van der Waals surface area contributed by atoms with Crippen molar-refractivity contribution < 1.29 is 17.9 Å². The molecule has 162 valence electrons. The van der Waals surface area contributed by atoms with E-state index in [0.29, 0.717) is 24.1 Å². The number of rotatable bonds is 9. The van der Waals surface area contributed by atoms with E-state index in [1.165, 1.54) is 12.1 Å². The first-order valence-corrected chi connectivity index (χ1v) is 11.4. The van der Waals surface area contributed by atoms with Crippen LogP contribution in [0, 0.1) is 6.92 Å². The molecule has 0 bridgehead atoms. The number of carbonyl (C=O) groups excluding carboxylic acids is 1. The zero-order valence-electron chi connectivity index (χ0n) is 17.6. The van der Waals surface area contributed by atoms with Crippen LogP contribution in [-0.2, 0) is 23.0 Å². The molecule has 7 heteroatoms. The van der Waals surface area contributed by atoms with Crippen molar-refractivity contribution in [3.63, 3.8) is 0 Å². The number of methoxy groups -OCH3 is 1. The van der Waals surface area contributed by atoms with Crippen molar-refractivity contribution in [2.24, 2.45) is 0 Å². The minimum atomic E-state index is -3.75. The first kappa shape index (κ1) is 22.5.